The Morgan fingerprint density at radius 1 is 1.28 bits per heavy atom. The molecular weight excluding hydrogens is 392 g/mol. The Balaban J connectivity index is 2.30. The molecule has 0 radical (unpaired) electrons. The van der Waals surface area contributed by atoms with Crippen LogP contribution >= 0.6 is 11.6 Å². The Morgan fingerprint density at radius 2 is 2.00 bits per heavy atom. The first-order chi connectivity index (χ1) is 13.8. The molecule has 1 aromatic carbocycles. The van der Waals surface area contributed by atoms with Gasteiger partial charge >= 0.3 is 0 Å². The molecule has 0 aliphatic carbocycles. The van der Waals surface area contributed by atoms with Crippen LogP contribution in [-0.2, 0) is 4.84 Å². The summed E-state index contributed by atoms with van der Waals surface area (Å²) in [7, 11) is 1.37. The summed E-state index contributed by atoms with van der Waals surface area (Å²) in [6, 6.07) is 8.89. The minimum absolute atomic E-state index is 0.171. The van der Waals surface area contributed by atoms with Gasteiger partial charge in [-0.2, -0.15) is 0 Å². The first kappa shape index (κ1) is 22.2. The van der Waals surface area contributed by atoms with E-state index in [2.05, 4.69) is 26.4 Å². The van der Waals surface area contributed by atoms with E-state index in [1.165, 1.54) is 13.3 Å². The highest BCUT2D eigenvalue weighted by atomic mass is 35.5. The molecule has 5 N–H and O–H groups in total. The van der Waals surface area contributed by atoms with Crippen molar-refractivity contribution < 1.29 is 9.63 Å². The van der Waals surface area contributed by atoms with Crippen molar-refractivity contribution in [2.45, 2.75) is 26.8 Å². The third-order valence-corrected chi connectivity index (χ3v) is 3.86. The Morgan fingerprint density at radius 3 is 2.66 bits per heavy atom. The summed E-state index contributed by atoms with van der Waals surface area (Å²) in [6.45, 7) is 5.69. The highest BCUT2D eigenvalue weighted by Gasteiger charge is 2.13. The molecule has 0 aliphatic rings. The van der Waals surface area contributed by atoms with E-state index in [1.807, 2.05) is 13.8 Å². The van der Waals surface area contributed by atoms with Crippen molar-refractivity contribution in [3.63, 3.8) is 0 Å². The summed E-state index contributed by atoms with van der Waals surface area (Å²) in [5.74, 6) is 0.788. The molecule has 0 saturated heterocycles. The van der Waals surface area contributed by atoms with E-state index in [1.54, 1.807) is 43.3 Å². The SMILES string of the molecule is CONC(=O)c1ccccc1Nc1cc(N/C(=C/C(C)=N)NC(C)C)ncc1Cl. The fourth-order valence-corrected chi connectivity index (χ4v) is 2.62. The summed E-state index contributed by atoms with van der Waals surface area (Å²) < 4.78 is 0. The first-order valence-corrected chi connectivity index (χ1v) is 9.33. The van der Waals surface area contributed by atoms with Crippen LogP contribution in [0.4, 0.5) is 17.2 Å². The highest BCUT2D eigenvalue weighted by molar-refractivity contribution is 6.33. The zero-order valence-corrected chi connectivity index (χ0v) is 17.5. The second-order valence-corrected chi connectivity index (χ2v) is 6.93. The number of nitrogens with zero attached hydrogens (tertiary/aromatic N) is 1. The molecule has 2 aromatic rings. The molecule has 154 valence electrons. The topological polar surface area (TPSA) is 111 Å². The van der Waals surface area contributed by atoms with Crippen molar-refractivity contribution in [1.29, 1.82) is 5.41 Å². The number of carbonyl (C=O) groups excluding carboxylic acids is 1. The quantitative estimate of drug-likeness (QED) is 0.311. The molecule has 0 spiro atoms. The fraction of sp³-hybridized carbons (Fsp3) is 0.250. The maximum absolute atomic E-state index is 12.2. The number of hydrogen-bond donors (Lipinski definition) is 5. The first-order valence-electron chi connectivity index (χ1n) is 8.95. The van der Waals surface area contributed by atoms with Crippen LogP contribution in [0.1, 0.15) is 31.1 Å². The van der Waals surface area contributed by atoms with Gasteiger partial charge in [0.2, 0.25) is 0 Å². The number of rotatable bonds is 9. The van der Waals surface area contributed by atoms with Gasteiger partial charge in [0.1, 0.15) is 11.6 Å². The van der Waals surface area contributed by atoms with Crippen LogP contribution in [0.25, 0.3) is 0 Å². The Labute approximate surface area is 175 Å². The molecule has 8 nitrogen and oxygen atoms in total. The number of benzene rings is 1. The van der Waals surface area contributed by atoms with E-state index in [9.17, 15) is 4.79 Å². The molecule has 0 atom stereocenters. The Hall–Kier alpha value is -3.10. The lowest BCUT2D eigenvalue weighted by molar-refractivity contribution is 0.0538. The summed E-state index contributed by atoms with van der Waals surface area (Å²) in [6.07, 6.45) is 3.18. The van der Waals surface area contributed by atoms with Crippen molar-refractivity contribution in [3.05, 3.63) is 59.0 Å². The van der Waals surface area contributed by atoms with Gasteiger partial charge in [-0.05, 0) is 39.0 Å². The minimum atomic E-state index is -0.382. The van der Waals surface area contributed by atoms with Gasteiger partial charge in [0.05, 0.1) is 35.3 Å². The smallest absolute Gasteiger partial charge is 0.276 e. The van der Waals surface area contributed by atoms with Crippen molar-refractivity contribution in [1.82, 2.24) is 15.8 Å². The molecule has 0 bridgehead atoms. The van der Waals surface area contributed by atoms with Crippen LogP contribution in [-0.4, -0.2) is 29.8 Å². The van der Waals surface area contributed by atoms with Crippen LogP contribution in [0.15, 0.2) is 48.4 Å². The number of allylic oxidation sites excluding steroid dienone is 1. The molecule has 0 fully saturated rings. The largest absolute Gasteiger partial charge is 0.369 e. The number of nitrogens with one attached hydrogen (secondary N) is 5. The molecule has 1 aromatic heterocycles. The average molecular weight is 417 g/mol. The number of para-hydroxylation sites is 1. The molecule has 1 amide bonds. The van der Waals surface area contributed by atoms with E-state index in [0.29, 0.717) is 39.3 Å². The minimum Gasteiger partial charge on any atom is -0.369 e. The molecule has 2 rings (SSSR count). The van der Waals surface area contributed by atoms with Crippen molar-refractivity contribution in [2.24, 2.45) is 0 Å². The zero-order chi connectivity index (χ0) is 21.4. The van der Waals surface area contributed by atoms with E-state index >= 15 is 0 Å². The molecule has 0 aliphatic heterocycles. The number of hydroxylamine groups is 1. The summed E-state index contributed by atoms with van der Waals surface area (Å²) in [5, 5.41) is 17.6. The lowest BCUT2D eigenvalue weighted by atomic mass is 10.1. The molecule has 29 heavy (non-hydrogen) atoms. The third-order valence-electron chi connectivity index (χ3n) is 3.56. The van der Waals surface area contributed by atoms with Crippen LogP contribution < -0.4 is 21.4 Å². The second kappa shape index (κ2) is 10.4. The number of halogens is 1. The van der Waals surface area contributed by atoms with Gasteiger partial charge in [-0.25, -0.2) is 10.5 Å². The van der Waals surface area contributed by atoms with Crippen molar-refractivity contribution >= 4 is 40.4 Å². The number of carbonyl (C=O) groups is 1. The number of anilines is 3. The molecule has 1 heterocycles. The van der Waals surface area contributed by atoms with Crippen LogP contribution in [0.2, 0.25) is 5.02 Å². The third kappa shape index (κ3) is 6.78. The van der Waals surface area contributed by atoms with Gasteiger partial charge in [-0.1, -0.05) is 23.7 Å². The van der Waals surface area contributed by atoms with Gasteiger partial charge in [-0.3, -0.25) is 9.63 Å². The van der Waals surface area contributed by atoms with Crippen LogP contribution in [0.5, 0.6) is 0 Å². The molecule has 0 saturated carbocycles. The van der Waals surface area contributed by atoms with E-state index in [0.717, 1.165) is 0 Å². The zero-order valence-electron chi connectivity index (χ0n) is 16.8. The van der Waals surface area contributed by atoms with Gasteiger partial charge in [0.15, 0.2) is 0 Å². The van der Waals surface area contributed by atoms with Crippen molar-refractivity contribution in [2.75, 3.05) is 17.7 Å². The van der Waals surface area contributed by atoms with Crippen LogP contribution in [0.3, 0.4) is 0 Å². The summed E-state index contributed by atoms with van der Waals surface area (Å²) in [5.41, 5.74) is 4.23. The van der Waals surface area contributed by atoms with Gasteiger partial charge in [0.25, 0.3) is 5.91 Å². The van der Waals surface area contributed by atoms with E-state index < -0.39 is 0 Å². The van der Waals surface area contributed by atoms with Gasteiger partial charge < -0.3 is 21.4 Å². The monoisotopic (exact) mass is 416 g/mol. The summed E-state index contributed by atoms with van der Waals surface area (Å²) >= 11 is 6.30. The number of hydrogen-bond acceptors (Lipinski definition) is 7. The summed E-state index contributed by atoms with van der Waals surface area (Å²) in [4.78, 5) is 21.2. The number of pyridine rings is 1. The average Bonchev–Trinajstić information content (AvgIpc) is 2.64. The van der Waals surface area contributed by atoms with Gasteiger partial charge in [-0.15, -0.1) is 0 Å². The number of amides is 1. The number of aromatic nitrogens is 1. The highest BCUT2D eigenvalue weighted by Crippen LogP contribution is 2.29. The molecule has 0 unspecified atom stereocenters. The maximum Gasteiger partial charge on any atom is 0.276 e. The molecular formula is C20H25ClN6O2. The fourth-order valence-electron chi connectivity index (χ4n) is 2.47. The second-order valence-electron chi connectivity index (χ2n) is 6.52. The van der Waals surface area contributed by atoms with E-state index in [-0.39, 0.29) is 11.9 Å². The Bertz CT molecular complexity index is 914. The lowest BCUT2D eigenvalue weighted by Gasteiger charge is -2.17. The lowest BCUT2D eigenvalue weighted by Crippen LogP contribution is -2.27. The standard InChI is InChI=1S/C20H25ClN6O2/c1-12(2)24-19(9-13(3)22)26-18-10-17(15(21)11-23-18)25-16-8-6-5-7-14(16)20(28)27-29-4/h5-12,22,24H,1-4H3,(H,27,28)(H2,23,25,26)/b19-9+,22-13?. The Kier molecular flexibility index (Phi) is 7.99. The van der Waals surface area contributed by atoms with Crippen molar-refractivity contribution in [3.8, 4) is 0 Å². The normalized spacial score (nSPS) is 11.2. The van der Waals surface area contributed by atoms with Gasteiger partial charge in [0, 0.05) is 17.8 Å². The molecule has 9 heteroatoms. The van der Waals surface area contributed by atoms with E-state index in [4.69, 9.17) is 21.8 Å². The maximum atomic E-state index is 12.2. The predicted molar refractivity (Wildman–Crippen MR) is 117 cm³/mol. The van der Waals surface area contributed by atoms with Crippen LogP contribution in [0, 0.1) is 5.41 Å². The predicted octanol–water partition coefficient (Wildman–Crippen LogP) is 4.06.